The van der Waals surface area contributed by atoms with Crippen LogP contribution >= 0.6 is 0 Å². The molecule has 1 aliphatic rings. The van der Waals surface area contributed by atoms with Crippen LogP contribution in [0, 0.1) is 0 Å². The van der Waals surface area contributed by atoms with Gasteiger partial charge in [0.2, 0.25) is 5.91 Å². The molecule has 0 radical (unpaired) electrons. The zero-order chi connectivity index (χ0) is 10.1. The van der Waals surface area contributed by atoms with Gasteiger partial charge in [-0.25, -0.2) is 4.98 Å². The quantitative estimate of drug-likeness (QED) is 0.682. The lowest BCUT2D eigenvalue weighted by Gasteiger charge is -2.10. The molecule has 1 unspecified atom stereocenters. The van der Waals surface area contributed by atoms with Crippen molar-refractivity contribution in [1.29, 1.82) is 0 Å². The molecule has 1 aromatic rings. The van der Waals surface area contributed by atoms with Gasteiger partial charge < -0.3 is 16.0 Å². The molecule has 5 nitrogen and oxygen atoms in total. The maximum absolute atomic E-state index is 10.8. The molecule has 2 rings (SSSR count). The normalized spacial score (nSPS) is 18.1. The number of nitrogens with two attached hydrogens (primary N) is 2. The van der Waals surface area contributed by atoms with E-state index in [4.69, 9.17) is 11.5 Å². The number of carbonyl (C=O) groups excluding carboxylic acids is 1. The van der Waals surface area contributed by atoms with Crippen molar-refractivity contribution in [3.63, 3.8) is 0 Å². The summed E-state index contributed by atoms with van der Waals surface area (Å²) in [6.07, 6.45) is 5.95. The Kier molecular flexibility index (Phi) is 2.25. The number of hydrogen-bond acceptors (Lipinski definition) is 3. The lowest BCUT2D eigenvalue weighted by Crippen LogP contribution is -2.40. The van der Waals surface area contributed by atoms with E-state index >= 15 is 0 Å². The second-order valence-electron chi connectivity index (χ2n) is 3.72. The van der Waals surface area contributed by atoms with Crippen molar-refractivity contribution in [3.05, 3.63) is 18.2 Å². The molecule has 0 aromatic carbocycles. The third kappa shape index (κ3) is 1.77. The molecular weight excluding hydrogens is 180 g/mol. The first-order valence-corrected chi connectivity index (χ1v) is 4.74. The van der Waals surface area contributed by atoms with Crippen LogP contribution < -0.4 is 11.5 Å². The third-order valence-electron chi connectivity index (χ3n) is 2.45. The highest BCUT2D eigenvalue weighted by atomic mass is 16.1. The first kappa shape index (κ1) is 9.21. The summed E-state index contributed by atoms with van der Waals surface area (Å²) in [7, 11) is 0. The fraction of sp³-hybridized carbons (Fsp3) is 0.556. The predicted molar refractivity (Wildman–Crippen MR) is 51.4 cm³/mol. The summed E-state index contributed by atoms with van der Waals surface area (Å²) in [6, 6.07) is -0.623. The lowest BCUT2D eigenvalue weighted by molar-refractivity contribution is -0.119. The highest BCUT2D eigenvalue weighted by Crippen LogP contribution is 2.38. The SMILES string of the molecule is NC(=O)C(N)Cn1ccnc1C1CC1. The Morgan fingerprint density at radius 3 is 3.00 bits per heavy atom. The van der Waals surface area contributed by atoms with Gasteiger partial charge in [0.25, 0.3) is 0 Å². The molecule has 5 heteroatoms. The molecule has 1 heterocycles. The average Bonchev–Trinajstić information content (AvgIpc) is 2.88. The number of amides is 1. The van der Waals surface area contributed by atoms with E-state index in [0.717, 1.165) is 5.82 Å². The summed E-state index contributed by atoms with van der Waals surface area (Å²) in [4.78, 5) is 15.0. The standard InChI is InChI=1S/C9H14N4O/c10-7(8(11)14)5-13-4-3-12-9(13)6-1-2-6/h3-4,6-7H,1-2,5,10H2,(H2,11,14). The fourth-order valence-electron chi connectivity index (χ4n) is 1.48. The van der Waals surface area contributed by atoms with Crippen LogP contribution in [-0.2, 0) is 11.3 Å². The van der Waals surface area contributed by atoms with Gasteiger partial charge in [0, 0.05) is 24.9 Å². The molecule has 4 N–H and O–H groups in total. The molecule has 14 heavy (non-hydrogen) atoms. The highest BCUT2D eigenvalue weighted by molar-refractivity contribution is 5.79. The number of rotatable bonds is 4. The van der Waals surface area contributed by atoms with Crippen molar-refractivity contribution < 1.29 is 4.79 Å². The summed E-state index contributed by atoms with van der Waals surface area (Å²) in [5, 5.41) is 0. The Morgan fingerprint density at radius 1 is 1.71 bits per heavy atom. The van der Waals surface area contributed by atoms with Crippen molar-refractivity contribution in [2.24, 2.45) is 11.5 Å². The largest absolute Gasteiger partial charge is 0.368 e. The summed E-state index contributed by atoms with van der Waals surface area (Å²) >= 11 is 0. The van der Waals surface area contributed by atoms with E-state index in [-0.39, 0.29) is 0 Å². The first-order chi connectivity index (χ1) is 6.68. The van der Waals surface area contributed by atoms with Crippen molar-refractivity contribution in [3.8, 4) is 0 Å². The molecule has 1 amide bonds. The summed E-state index contributed by atoms with van der Waals surface area (Å²) in [6.45, 7) is 0.432. The minimum Gasteiger partial charge on any atom is -0.368 e. The van der Waals surface area contributed by atoms with Gasteiger partial charge in [0.15, 0.2) is 0 Å². The number of hydrogen-bond donors (Lipinski definition) is 2. The second kappa shape index (κ2) is 3.42. The Morgan fingerprint density at radius 2 is 2.43 bits per heavy atom. The summed E-state index contributed by atoms with van der Waals surface area (Å²) < 4.78 is 1.92. The molecule has 0 aliphatic heterocycles. The second-order valence-corrected chi connectivity index (χ2v) is 3.72. The van der Waals surface area contributed by atoms with Crippen molar-refractivity contribution in [1.82, 2.24) is 9.55 Å². The topological polar surface area (TPSA) is 86.9 Å². The van der Waals surface area contributed by atoms with E-state index in [1.807, 2.05) is 10.8 Å². The van der Waals surface area contributed by atoms with Crippen molar-refractivity contribution in [2.75, 3.05) is 0 Å². The van der Waals surface area contributed by atoms with E-state index in [1.165, 1.54) is 12.8 Å². The minimum absolute atomic E-state index is 0.432. The van der Waals surface area contributed by atoms with Crippen LogP contribution in [0.4, 0.5) is 0 Å². The smallest absolute Gasteiger partial charge is 0.236 e. The van der Waals surface area contributed by atoms with E-state index in [9.17, 15) is 4.79 Å². The maximum Gasteiger partial charge on any atom is 0.236 e. The van der Waals surface area contributed by atoms with E-state index in [0.29, 0.717) is 12.5 Å². The lowest BCUT2D eigenvalue weighted by atomic mass is 10.3. The molecule has 76 valence electrons. The Labute approximate surface area is 82.1 Å². The molecule has 1 aliphatic carbocycles. The van der Waals surface area contributed by atoms with Gasteiger partial charge in [0.1, 0.15) is 11.9 Å². The fourth-order valence-corrected chi connectivity index (χ4v) is 1.48. The van der Waals surface area contributed by atoms with Crippen LogP contribution in [0.25, 0.3) is 0 Å². The maximum atomic E-state index is 10.8. The van der Waals surface area contributed by atoms with Crippen LogP contribution in [0.15, 0.2) is 12.4 Å². The van der Waals surface area contributed by atoms with Crippen molar-refractivity contribution in [2.45, 2.75) is 31.3 Å². The molecule has 0 saturated heterocycles. The zero-order valence-corrected chi connectivity index (χ0v) is 7.89. The Balaban J connectivity index is 2.08. The van der Waals surface area contributed by atoms with Crippen molar-refractivity contribution >= 4 is 5.91 Å². The molecule has 1 aromatic heterocycles. The van der Waals surface area contributed by atoms with Crippen LogP contribution in [0.1, 0.15) is 24.6 Å². The predicted octanol–water partition coefficient (Wildman–Crippen LogP) is -0.427. The number of nitrogens with zero attached hydrogens (tertiary/aromatic N) is 2. The van der Waals surface area contributed by atoms with Crippen LogP contribution in [0.5, 0.6) is 0 Å². The third-order valence-corrected chi connectivity index (χ3v) is 2.45. The van der Waals surface area contributed by atoms with E-state index < -0.39 is 11.9 Å². The average molecular weight is 194 g/mol. The summed E-state index contributed by atoms with van der Waals surface area (Å²) in [5.41, 5.74) is 10.7. The van der Waals surface area contributed by atoms with Gasteiger partial charge in [0.05, 0.1) is 0 Å². The van der Waals surface area contributed by atoms with E-state index in [2.05, 4.69) is 4.98 Å². The zero-order valence-electron chi connectivity index (χ0n) is 7.89. The minimum atomic E-state index is -0.623. The molecule has 0 bridgehead atoms. The van der Waals surface area contributed by atoms with Gasteiger partial charge >= 0.3 is 0 Å². The number of primary amides is 1. The van der Waals surface area contributed by atoms with Crippen LogP contribution in [-0.4, -0.2) is 21.5 Å². The van der Waals surface area contributed by atoms with Gasteiger partial charge in [-0.15, -0.1) is 0 Å². The Bertz CT molecular complexity index is 342. The molecule has 1 atom stereocenters. The first-order valence-electron chi connectivity index (χ1n) is 4.74. The van der Waals surface area contributed by atoms with Crippen LogP contribution in [0.2, 0.25) is 0 Å². The Hall–Kier alpha value is -1.36. The van der Waals surface area contributed by atoms with Gasteiger partial charge in [-0.1, -0.05) is 0 Å². The highest BCUT2D eigenvalue weighted by Gasteiger charge is 2.28. The number of carbonyl (C=O) groups is 1. The number of aromatic nitrogens is 2. The van der Waals surface area contributed by atoms with Crippen LogP contribution in [0.3, 0.4) is 0 Å². The molecule has 1 saturated carbocycles. The molecule has 0 spiro atoms. The van der Waals surface area contributed by atoms with Gasteiger partial charge in [-0.05, 0) is 12.8 Å². The summed E-state index contributed by atoms with van der Waals surface area (Å²) in [5.74, 6) is 1.12. The number of imidazole rings is 1. The molecular formula is C9H14N4O. The van der Waals surface area contributed by atoms with Gasteiger partial charge in [-0.2, -0.15) is 0 Å². The van der Waals surface area contributed by atoms with E-state index in [1.54, 1.807) is 6.20 Å². The van der Waals surface area contributed by atoms with Gasteiger partial charge in [-0.3, -0.25) is 4.79 Å². The monoisotopic (exact) mass is 194 g/mol. The molecule has 1 fully saturated rings.